The molecule has 1 N–H and O–H groups in total. The summed E-state index contributed by atoms with van der Waals surface area (Å²) in [6.07, 6.45) is -3.64. The number of aromatic carboxylic acids is 1. The third kappa shape index (κ3) is 6.24. The number of nitrogens with zero attached hydrogens (tertiary/aromatic N) is 5. The van der Waals surface area contributed by atoms with Crippen LogP contribution in [-0.4, -0.2) is 64.3 Å². The zero-order valence-corrected chi connectivity index (χ0v) is 25.1. The monoisotopic (exact) mass is 621 g/mol. The Morgan fingerprint density at radius 3 is 2.47 bits per heavy atom. The molecule has 45 heavy (non-hydrogen) atoms. The molecule has 3 heterocycles. The van der Waals surface area contributed by atoms with Crippen LogP contribution in [0, 0.1) is 6.92 Å². The van der Waals surface area contributed by atoms with E-state index in [0.717, 1.165) is 29.0 Å². The van der Waals surface area contributed by atoms with Gasteiger partial charge in [0.05, 0.1) is 31.0 Å². The lowest BCUT2D eigenvalue weighted by Crippen LogP contribution is -2.32. The van der Waals surface area contributed by atoms with Crippen molar-refractivity contribution in [3.05, 3.63) is 89.0 Å². The largest absolute Gasteiger partial charge is 0.496 e. The van der Waals surface area contributed by atoms with Gasteiger partial charge in [-0.2, -0.15) is 13.2 Å². The van der Waals surface area contributed by atoms with Gasteiger partial charge in [-0.15, -0.1) is 0 Å². The second kappa shape index (κ2) is 12.1. The third-order valence-corrected chi connectivity index (χ3v) is 7.64. The Morgan fingerprint density at radius 1 is 1.07 bits per heavy atom. The van der Waals surface area contributed by atoms with Crippen LogP contribution in [0.5, 0.6) is 5.75 Å². The van der Waals surface area contributed by atoms with Gasteiger partial charge in [0.25, 0.3) is 0 Å². The summed E-state index contributed by atoms with van der Waals surface area (Å²) in [5.41, 5.74) is 3.27. The highest BCUT2D eigenvalue weighted by molar-refractivity contribution is 5.89. The number of carbonyl (C=O) groups excluding carboxylic acids is 1. The van der Waals surface area contributed by atoms with E-state index in [9.17, 15) is 27.9 Å². The quantitative estimate of drug-likeness (QED) is 0.239. The molecule has 0 radical (unpaired) electrons. The minimum Gasteiger partial charge on any atom is -0.496 e. The average Bonchev–Trinajstić information content (AvgIpc) is 3.28. The van der Waals surface area contributed by atoms with Crippen LogP contribution in [0.3, 0.4) is 0 Å². The van der Waals surface area contributed by atoms with Crippen molar-refractivity contribution in [3.8, 4) is 28.0 Å². The van der Waals surface area contributed by atoms with E-state index in [4.69, 9.17) is 14.5 Å². The van der Waals surface area contributed by atoms with Crippen molar-refractivity contribution < 1.29 is 37.3 Å². The lowest BCUT2D eigenvalue weighted by Gasteiger charge is -2.23. The zero-order chi connectivity index (χ0) is 32.6. The number of carboxylic acids is 1. The molecule has 1 aliphatic rings. The van der Waals surface area contributed by atoms with Crippen LogP contribution in [0.2, 0.25) is 0 Å². The van der Waals surface area contributed by atoms with Crippen LogP contribution in [0.25, 0.3) is 22.3 Å². The molecule has 0 aliphatic carbocycles. The molecule has 1 saturated heterocycles. The molecule has 2 aromatic heterocycles. The molecule has 1 fully saturated rings. The fraction of sp³-hybridized carbons (Fsp3) is 0.281. The SMILES string of the molecule is COc1ccc(-c2ccc(C(=O)O)cc2C)cc1-c1cnc(N(C)C)nc1CN1C(=O)O[C@H](c2ccnc(C(F)(F)F)c2)[C@@H]1C. The maximum Gasteiger partial charge on any atom is 0.433 e. The van der Waals surface area contributed by atoms with E-state index in [2.05, 4.69) is 9.97 Å². The van der Waals surface area contributed by atoms with Crippen LogP contribution in [-0.2, 0) is 17.5 Å². The molecule has 1 aliphatic heterocycles. The highest BCUT2D eigenvalue weighted by Crippen LogP contribution is 2.40. The Hall–Kier alpha value is -5.20. The zero-order valence-electron chi connectivity index (χ0n) is 25.1. The number of cyclic esters (lactones) is 1. The Kier molecular flexibility index (Phi) is 8.37. The van der Waals surface area contributed by atoms with Gasteiger partial charge in [0.1, 0.15) is 17.5 Å². The molecule has 2 aromatic carbocycles. The summed E-state index contributed by atoms with van der Waals surface area (Å²) >= 11 is 0. The number of alkyl halides is 3. The highest BCUT2D eigenvalue weighted by atomic mass is 19.4. The Bertz CT molecular complexity index is 1780. The molecule has 10 nitrogen and oxygen atoms in total. The van der Waals surface area contributed by atoms with Gasteiger partial charge in [0.2, 0.25) is 5.95 Å². The number of benzene rings is 2. The first kappa shape index (κ1) is 31.2. The van der Waals surface area contributed by atoms with E-state index in [1.165, 1.54) is 24.1 Å². The smallest absolute Gasteiger partial charge is 0.433 e. The lowest BCUT2D eigenvalue weighted by molar-refractivity contribution is -0.141. The number of methoxy groups -OCH3 is 1. The molecule has 0 unspecified atom stereocenters. The van der Waals surface area contributed by atoms with Crippen LogP contribution < -0.4 is 9.64 Å². The van der Waals surface area contributed by atoms with E-state index in [0.29, 0.717) is 28.5 Å². The van der Waals surface area contributed by atoms with Crippen LogP contribution in [0.1, 0.15) is 45.9 Å². The van der Waals surface area contributed by atoms with Gasteiger partial charge in [-0.05, 0) is 72.5 Å². The number of amides is 1. The first-order valence-electron chi connectivity index (χ1n) is 13.8. The number of ether oxygens (including phenoxy) is 2. The molecule has 0 spiro atoms. The number of hydrogen-bond acceptors (Lipinski definition) is 8. The molecule has 0 saturated carbocycles. The number of pyridine rings is 1. The average molecular weight is 622 g/mol. The van der Waals surface area contributed by atoms with E-state index in [1.807, 2.05) is 19.1 Å². The van der Waals surface area contributed by atoms with Gasteiger partial charge in [-0.25, -0.2) is 19.6 Å². The van der Waals surface area contributed by atoms with Crippen LogP contribution in [0.15, 0.2) is 60.9 Å². The van der Waals surface area contributed by atoms with Gasteiger partial charge in [0.15, 0.2) is 0 Å². The van der Waals surface area contributed by atoms with E-state index >= 15 is 0 Å². The van der Waals surface area contributed by atoms with Crippen LogP contribution in [0.4, 0.5) is 23.9 Å². The number of anilines is 1. The molecule has 1 amide bonds. The Morgan fingerprint density at radius 2 is 1.82 bits per heavy atom. The van der Waals surface area contributed by atoms with Gasteiger partial charge in [0, 0.05) is 37.6 Å². The predicted molar refractivity (Wildman–Crippen MR) is 159 cm³/mol. The number of hydrogen-bond donors (Lipinski definition) is 1. The topological polar surface area (TPSA) is 118 Å². The van der Waals surface area contributed by atoms with Crippen molar-refractivity contribution in [2.45, 2.75) is 38.7 Å². The summed E-state index contributed by atoms with van der Waals surface area (Å²) in [5.74, 6) is -0.137. The Labute approximate surface area is 257 Å². The number of aryl methyl sites for hydroxylation is 1. The first-order valence-corrected chi connectivity index (χ1v) is 13.8. The Balaban J connectivity index is 1.55. The minimum atomic E-state index is -4.65. The summed E-state index contributed by atoms with van der Waals surface area (Å²) in [4.78, 5) is 40.4. The van der Waals surface area contributed by atoms with Crippen molar-refractivity contribution in [1.29, 1.82) is 0 Å². The molecule has 234 valence electrons. The molecule has 0 bridgehead atoms. The van der Waals surface area contributed by atoms with Crippen molar-refractivity contribution >= 4 is 18.0 Å². The molecule has 4 aromatic rings. The van der Waals surface area contributed by atoms with E-state index in [-0.39, 0.29) is 17.7 Å². The fourth-order valence-electron chi connectivity index (χ4n) is 5.27. The highest BCUT2D eigenvalue weighted by Gasteiger charge is 2.42. The number of carboxylic acid groups (broad SMARTS) is 1. The second-order valence-electron chi connectivity index (χ2n) is 10.8. The standard InChI is InChI=1S/C32H30F3N5O5/c1-17-12-21(29(41)42)6-8-22(17)19-7-9-26(44-5)23(13-19)24-15-37-30(39(3)4)38-25(24)16-40-18(2)28(45-31(40)43)20-10-11-36-27(14-20)32(33,34)35/h6-15,18,28H,16H2,1-5H3,(H,41,42)/t18-,28-/m0/s1. The lowest BCUT2D eigenvalue weighted by atomic mass is 9.94. The van der Waals surface area contributed by atoms with Crippen LogP contribution >= 0.6 is 0 Å². The number of aromatic nitrogens is 3. The predicted octanol–water partition coefficient (Wildman–Crippen LogP) is 6.39. The summed E-state index contributed by atoms with van der Waals surface area (Å²) in [6, 6.07) is 12.0. The maximum atomic E-state index is 13.3. The van der Waals surface area contributed by atoms with Gasteiger partial charge >= 0.3 is 18.2 Å². The van der Waals surface area contributed by atoms with E-state index in [1.54, 1.807) is 50.3 Å². The minimum absolute atomic E-state index is 0.0356. The third-order valence-electron chi connectivity index (χ3n) is 7.64. The molecule has 2 atom stereocenters. The molecule has 5 rings (SSSR count). The van der Waals surface area contributed by atoms with Gasteiger partial charge < -0.3 is 19.5 Å². The fourth-order valence-corrected chi connectivity index (χ4v) is 5.27. The number of rotatable bonds is 8. The summed E-state index contributed by atoms with van der Waals surface area (Å²) in [7, 11) is 5.07. The summed E-state index contributed by atoms with van der Waals surface area (Å²) in [6.45, 7) is 3.48. The summed E-state index contributed by atoms with van der Waals surface area (Å²) < 4.78 is 51.3. The van der Waals surface area contributed by atoms with Crippen molar-refractivity contribution in [1.82, 2.24) is 19.9 Å². The number of halogens is 3. The van der Waals surface area contributed by atoms with Crippen molar-refractivity contribution in [2.24, 2.45) is 0 Å². The number of carbonyl (C=O) groups is 2. The second-order valence-corrected chi connectivity index (χ2v) is 10.8. The van der Waals surface area contributed by atoms with Crippen molar-refractivity contribution in [3.63, 3.8) is 0 Å². The normalized spacial score (nSPS) is 16.4. The van der Waals surface area contributed by atoms with Crippen molar-refractivity contribution in [2.75, 3.05) is 26.1 Å². The first-order chi connectivity index (χ1) is 21.3. The molecule has 13 heteroatoms. The maximum absolute atomic E-state index is 13.3. The molecular formula is C32H30F3N5O5. The van der Waals surface area contributed by atoms with E-state index < -0.39 is 36.1 Å². The summed E-state index contributed by atoms with van der Waals surface area (Å²) in [5, 5.41) is 9.38. The molecular weight excluding hydrogens is 591 g/mol. The van der Waals surface area contributed by atoms with Gasteiger partial charge in [-0.1, -0.05) is 12.1 Å². The van der Waals surface area contributed by atoms with Gasteiger partial charge in [-0.3, -0.25) is 9.88 Å².